The normalized spacial score (nSPS) is 16.2. The van der Waals surface area contributed by atoms with E-state index in [1.165, 1.54) is 0 Å². The Morgan fingerprint density at radius 2 is 1.61 bits per heavy atom. The van der Waals surface area contributed by atoms with E-state index in [1.807, 2.05) is 11.8 Å². The highest BCUT2D eigenvalue weighted by Gasteiger charge is 2.57. The molecule has 1 fully saturated rings. The Hall–Kier alpha value is -1.06. The van der Waals surface area contributed by atoms with E-state index in [0.717, 1.165) is 32.4 Å². The van der Waals surface area contributed by atoms with Crippen LogP contribution < -0.4 is 5.32 Å². The van der Waals surface area contributed by atoms with Crippen LogP contribution in [0.2, 0.25) is 0 Å². The van der Waals surface area contributed by atoms with E-state index >= 15 is 0 Å². The zero-order valence-electron chi connectivity index (χ0n) is 11.9. The van der Waals surface area contributed by atoms with Crippen LogP contribution in [-0.4, -0.2) is 36.3 Å². The monoisotopic (exact) mass is 254 g/mol. The number of hydrogen-bond donors (Lipinski definition) is 1. The van der Waals surface area contributed by atoms with Crippen molar-refractivity contribution in [2.45, 2.75) is 52.9 Å². The number of nitrogens with one attached hydrogen (secondary N) is 1. The van der Waals surface area contributed by atoms with Crippen LogP contribution in [-0.2, 0) is 9.59 Å². The van der Waals surface area contributed by atoms with Gasteiger partial charge in [0.15, 0.2) is 0 Å². The first-order valence-corrected chi connectivity index (χ1v) is 7.20. The van der Waals surface area contributed by atoms with Gasteiger partial charge < -0.3 is 10.2 Å². The summed E-state index contributed by atoms with van der Waals surface area (Å²) in [5.74, 6) is -0.0219. The molecule has 1 saturated carbocycles. The van der Waals surface area contributed by atoms with Gasteiger partial charge in [-0.05, 0) is 32.1 Å². The fraction of sp³-hybridized carbons (Fsp3) is 0.857. The minimum Gasteiger partial charge on any atom is -0.355 e. The summed E-state index contributed by atoms with van der Waals surface area (Å²) in [7, 11) is 0. The lowest BCUT2D eigenvalue weighted by Crippen LogP contribution is -2.46. The van der Waals surface area contributed by atoms with Crippen LogP contribution in [0.1, 0.15) is 52.9 Å². The van der Waals surface area contributed by atoms with Crippen LogP contribution in [0, 0.1) is 5.41 Å². The van der Waals surface area contributed by atoms with Gasteiger partial charge in [-0.1, -0.05) is 20.8 Å². The van der Waals surface area contributed by atoms with Crippen molar-refractivity contribution in [2.75, 3.05) is 19.6 Å². The van der Waals surface area contributed by atoms with E-state index in [4.69, 9.17) is 0 Å². The number of carbonyl (C=O) groups is 2. The molecule has 0 saturated heterocycles. The standard InChI is InChI=1S/C14H26N2O2/c1-4-9-15-12(17)14(7-8-14)13(18)16(10-5-2)11-6-3/h4-11H2,1-3H3,(H,15,17). The van der Waals surface area contributed by atoms with E-state index in [-0.39, 0.29) is 11.8 Å². The molecule has 4 nitrogen and oxygen atoms in total. The summed E-state index contributed by atoms with van der Waals surface area (Å²) < 4.78 is 0. The van der Waals surface area contributed by atoms with Crippen molar-refractivity contribution in [3.63, 3.8) is 0 Å². The van der Waals surface area contributed by atoms with Crippen LogP contribution >= 0.6 is 0 Å². The molecule has 0 aromatic rings. The molecule has 0 bridgehead atoms. The predicted octanol–water partition coefficient (Wildman–Crippen LogP) is 1.94. The molecule has 1 rings (SSSR count). The largest absolute Gasteiger partial charge is 0.355 e. The first-order chi connectivity index (χ1) is 8.62. The Morgan fingerprint density at radius 3 is 2.00 bits per heavy atom. The van der Waals surface area contributed by atoms with Gasteiger partial charge in [0.1, 0.15) is 5.41 Å². The van der Waals surface area contributed by atoms with Gasteiger partial charge in [-0.25, -0.2) is 0 Å². The van der Waals surface area contributed by atoms with E-state index in [1.54, 1.807) is 0 Å². The SMILES string of the molecule is CCCNC(=O)C1(C(=O)N(CCC)CCC)CC1. The van der Waals surface area contributed by atoms with Crippen LogP contribution in [0.25, 0.3) is 0 Å². The maximum atomic E-state index is 12.5. The molecular formula is C14H26N2O2. The second-order valence-corrected chi connectivity index (χ2v) is 5.13. The maximum absolute atomic E-state index is 12.5. The number of amides is 2. The minimum absolute atomic E-state index is 0.0415. The summed E-state index contributed by atoms with van der Waals surface area (Å²) >= 11 is 0. The molecule has 0 atom stereocenters. The maximum Gasteiger partial charge on any atom is 0.238 e. The third-order valence-corrected chi connectivity index (χ3v) is 3.40. The zero-order valence-corrected chi connectivity index (χ0v) is 11.9. The molecule has 0 aromatic heterocycles. The average molecular weight is 254 g/mol. The molecule has 0 aromatic carbocycles. The zero-order chi connectivity index (χ0) is 13.6. The lowest BCUT2D eigenvalue weighted by Gasteiger charge is -2.26. The summed E-state index contributed by atoms with van der Waals surface area (Å²) in [4.78, 5) is 26.4. The quantitative estimate of drug-likeness (QED) is 0.673. The van der Waals surface area contributed by atoms with Crippen molar-refractivity contribution in [1.29, 1.82) is 0 Å². The lowest BCUT2D eigenvalue weighted by atomic mass is 10.0. The van der Waals surface area contributed by atoms with Gasteiger partial charge in [-0.3, -0.25) is 9.59 Å². The highest BCUT2D eigenvalue weighted by atomic mass is 16.2. The number of carbonyl (C=O) groups excluding carboxylic acids is 2. The Labute approximate surface area is 110 Å². The average Bonchev–Trinajstić information content (AvgIpc) is 3.16. The summed E-state index contributed by atoms with van der Waals surface area (Å²) in [6.07, 6.45) is 4.22. The Balaban J connectivity index is 2.65. The van der Waals surface area contributed by atoms with Crippen molar-refractivity contribution >= 4 is 11.8 Å². The van der Waals surface area contributed by atoms with Crippen LogP contribution in [0.4, 0.5) is 0 Å². The Bertz CT molecular complexity index is 292. The van der Waals surface area contributed by atoms with Crippen molar-refractivity contribution in [3.05, 3.63) is 0 Å². The molecule has 1 aliphatic rings. The summed E-state index contributed by atoms with van der Waals surface area (Å²) in [5.41, 5.74) is -0.723. The topological polar surface area (TPSA) is 49.4 Å². The third kappa shape index (κ3) is 3.24. The van der Waals surface area contributed by atoms with E-state index in [9.17, 15) is 9.59 Å². The molecule has 1 aliphatic carbocycles. The molecule has 0 aliphatic heterocycles. The molecule has 0 radical (unpaired) electrons. The first-order valence-electron chi connectivity index (χ1n) is 7.20. The summed E-state index contributed by atoms with van der Waals surface area (Å²) in [6.45, 7) is 8.32. The fourth-order valence-electron chi connectivity index (χ4n) is 2.23. The van der Waals surface area contributed by atoms with Gasteiger partial charge in [0.25, 0.3) is 0 Å². The van der Waals surface area contributed by atoms with Gasteiger partial charge in [-0.2, -0.15) is 0 Å². The molecule has 104 valence electrons. The predicted molar refractivity (Wildman–Crippen MR) is 72.1 cm³/mol. The van der Waals surface area contributed by atoms with E-state index < -0.39 is 5.41 Å². The third-order valence-electron chi connectivity index (χ3n) is 3.40. The second kappa shape index (κ2) is 6.76. The summed E-state index contributed by atoms with van der Waals surface area (Å²) in [6, 6.07) is 0. The molecule has 0 spiro atoms. The Kier molecular flexibility index (Phi) is 5.63. The summed E-state index contributed by atoms with van der Waals surface area (Å²) in [5, 5.41) is 2.87. The van der Waals surface area contributed by atoms with Crippen molar-refractivity contribution in [3.8, 4) is 0 Å². The smallest absolute Gasteiger partial charge is 0.238 e. The van der Waals surface area contributed by atoms with Gasteiger partial charge in [-0.15, -0.1) is 0 Å². The highest BCUT2D eigenvalue weighted by Crippen LogP contribution is 2.47. The van der Waals surface area contributed by atoms with Crippen LogP contribution in [0.3, 0.4) is 0 Å². The van der Waals surface area contributed by atoms with E-state index in [2.05, 4.69) is 19.2 Å². The second-order valence-electron chi connectivity index (χ2n) is 5.13. The van der Waals surface area contributed by atoms with E-state index in [0.29, 0.717) is 19.4 Å². The Morgan fingerprint density at radius 1 is 1.06 bits per heavy atom. The van der Waals surface area contributed by atoms with Gasteiger partial charge in [0.05, 0.1) is 0 Å². The molecular weight excluding hydrogens is 228 g/mol. The van der Waals surface area contributed by atoms with Crippen molar-refractivity contribution in [2.24, 2.45) is 5.41 Å². The first kappa shape index (κ1) is 15.0. The highest BCUT2D eigenvalue weighted by molar-refractivity contribution is 6.07. The minimum atomic E-state index is -0.723. The van der Waals surface area contributed by atoms with Crippen LogP contribution in [0.5, 0.6) is 0 Å². The van der Waals surface area contributed by atoms with Gasteiger partial charge in [0, 0.05) is 19.6 Å². The van der Waals surface area contributed by atoms with Crippen molar-refractivity contribution < 1.29 is 9.59 Å². The number of nitrogens with zero attached hydrogens (tertiary/aromatic N) is 1. The number of rotatable bonds is 8. The lowest BCUT2D eigenvalue weighted by molar-refractivity contribution is -0.144. The molecule has 0 unspecified atom stereocenters. The molecule has 18 heavy (non-hydrogen) atoms. The molecule has 1 N–H and O–H groups in total. The molecule has 0 heterocycles. The van der Waals surface area contributed by atoms with Gasteiger partial charge in [0.2, 0.25) is 11.8 Å². The fourth-order valence-corrected chi connectivity index (χ4v) is 2.23. The molecule has 2 amide bonds. The van der Waals surface area contributed by atoms with Crippen molar-refractivity contribution in [1.82, 2.24) is 10.2 Å². The number of hydrogen-bond acceptors (Lipinski definition) is 2. The van der Waals surface area contributed by atoms with Gasteiger partial charge >= 0.3 is 0 Å². The van der Waals surface area contributed by atoms with Crippen LogP contribution in [0.15, 0.2) is 0 Å². The molecule has 4 heteroatoms.